The van der Waals surface area contributed by atoms with Crippen molar-refractivity contribution in [2.45, 2.75) is 107 Å². The highest BCUT2D eigenvalue weighted by Crippen LogP contribution is 2.75. The van der Waals surface area contributed by atoms with Crippen molar-refractivity contribution < 1.29 is 19.8 Å². The standard InChI is InChI=1S/C29H38O4.C5H11N3/c1-17-18-7-8-21-27(4,19(18)15-20(30)23(17)31)12-14-29(6)22-16-26(3,24(32)33)10-9-25(22,2)11-13-28(21,29)5;1-5(2)3-4-7-8-6/h7-8,15,22,31H,9-14,16H2,1-6H3,(H,32,33);5H,3-4H2,1-2H3/t22?,25-,26-,27+,28-,29+;/m1./s1. The predicted octanol–water partition coefficient (Wildman–Crippen LogP) is 9.04. The molecule has 7 heteroatoms. The first-order valence-corrected chi connectivity index (χ1v) is 15.3. The Labute approximate surface area is 245 Å². The second kappa shape index (κ2) is 10.5. The van der Waals surface area contributed by atoms with Gasteiger partial charge in [-0.3, -0.25) is 9.59 Å². The van der Waals surface area contributed by atoms with Crippen LogP contribution in [0.3, 0.4) is 0 Å². The average molecular weight is 564 g/mol. The molecular formula is C34H49N3O4. The van der Waals surface area contributed by atoms with E-state index >= 15 is 0 Å². The summed E-state index contributed by atoms with van der Waals surface area (Å²) < 4.78 is 0. The molecule has 41 heavy (non-hydrogen) atoms. The first-order valence-electron chi connectivity index (χ1n) is 15.3. The monoisotopic (exact) mass is 563 g/mol. The summed E-state index contributed by atoms with van der Waals surface area (Å²) >= 11 is 0. The van der Waals surface area contributed by atoms with Crippen LogP contribution in [0.5, 0.6) is 0 Å². The second-order valence-electron chi connectivity index (χ2n) is 15.1. The lowest BCUT2D eigenvalue weighted by molar-refractivity contribution is -0.178. The Morgan fingerprint density at radius 1 is 1.07 bits per heavy atom. The molecule has 2 N–H and O–H groups in total. The molecule has 3 fully saturated rings. The van der Waals surface area contributed by atoms with Gasteiger partial charge in [0.15, 0.2) is 5.76 Å². The van der Waals surface area contributed by atoms with Crippen molar-refractivity contribution >= 4 is 11.8 Å². The molecule has 3 saturated carbocycles. The summed E-state index contributed by atoms with van der Waals surface area (Å²) in [6.07, 6.45) is 13.7. The lowest BCUT2D eigenvalue weighted by atomic mass is 9.34. The van der Waals surface area contributed by atoms with Crippen molar-refractivity contribution in [3.63, 3.8) is 0 Å². The fourth-order valence-electron chi connectivity index (χ4n) is 9.01. The molecule has 5 rings (SSSR count). The van der Waals surface area contributed by atoms with E-state index in [0.29, 0.717) is 24.0 Å². The molecule has 5 aliphatic carbocycles. The smallest absolute Gasteiger partial charge is 0.309 e. The van der Waals surface area contributed by atoms with Gasteiger partial charge in [-0.15, -0.1) is 0 Å². The summed E-state index contributed by atoms with van der Waals surface area (Å²) in [7, 11) is 0. The largest absolute Gasteiger partial charge is 0.504 e. The van der Waals surface area contributed by atoms with Crippen molar-refractivity contribution in [2.75, 3.05) is 6.54 Å². The van der Waals surface area contributed by atoms with Crippen molar-refractivity contribution in [1.29, 1.82) is 0 Å². The third-order valence-electron chi connectivity index (χ3n) is 12.3. The van der Waals surface area contributed by atoms with Gasteiger partial charge in [-0.25, -0.2) is 0 Å². The number of carbonyl (C=O) groups excluding carboxylic acids is 1. The van der Waals surface area contributed by atoms with Crippen LogP contribution in [0, 0.1) is 38.9 Å². The summed E-state index contributed by atoms with van der Waals surface area (Å²) in [4.78, 5) is 27.5. The Morgan fingerprint density at radius 2 is 1.73 bits per heavy atom. The molecule has 7 nitrogen and oxygen atoms in total. The predicted molar refractivity (Wildman–Crippen MR) is 162 cm³/mol. The van der Waals surface area contributed by atoms with Crippen molar-refractivity contribution in [3.8, 4) is 0 Å². The number of allylic oxidation sites excluding steroid dienone is 7. The van der Waals surface area contributed by atoms with Crippen LogP contribution in [0.4, 0.5) is 0 Å². The van der Waals surface area contributed by atoms with E-state index in [4.69, 9.17) is 5.53 Å². The van der Waals surface area contributed by atoms with Crippen LogP contribution in [0.15, 0.2) is 51.4 Å². The molecule has 0 aromatic carbocycles. The molecule has 1 unspecified atom stereocenters. The summed E-state index contributed by atoms with van der Waals surface area (Å²) in [6, 6.07) is 0. The number of nitrogens with zero attached hydrogens (tertiary/aromatic N) is 3. The van der Waals surface area contributed by atoms with Crippen molar-refractivity contribution in [2.24, 2.45) is 44.0 Å². The SMILES string of the molecule is CC(C)CCN=[N+]=[N-].CC1=C(O)C(=O)C=C2C1=CC=C1[C@@]2(C)CC[C@@]2(C)C3C[C@](C)(C(=O)O)CC[C@]3(C)CC[C@]12C. The minimum Gasteiger partial charge on any atom is -0.504 e. The number of carbonyl (C=O) groups is 2. The summed E-state index contributed by atoms with van der Waals surface area (Å²) in [5.41, 5.74) is 11.2. The number of hydrogen-bond donors (Lipinski definition) is 2. The molecule has 0 amide bonds. The number of azide groups is 1. The fourth-order valence-corrected chi connectivity index (χ4v) is 9.01. The maximum Gasteiger partial charge on any atom is 0.309 e. The van der Waals surface area contributed by atoms with Gasteiger partial charge >= 0.3 is 5.97 Å². The Hall–Kier alpha value is -2.79. The molecule has 0 spiro atoms. The van der Waals surface area contributed by atoms with E-state index in [0.717, 1.165) is 62.5 Å². The van der Waals surface area contributed by atoms with E-state index in [1.165, 1.54) is 5.57 Å². The van der Waals surface area contributed by atoms with Crippen molar-refractivity contribution in [3.05, 3.63) is 56.7 Å². The molecule has 0 heterocycles. The second-order valence-corrected chi connectivity index (χ2v) is 15.1. The van der Waals surface area contributed by atoms with Crippen LogP contribution < -0.4 is 0 Å². The highest BCUT2D eigenvalue weighted by Gasteiger charge is 2.67. The quantitative estimate of drug-likeness (QED) is 0.201. The molecule has 0 saturated heterocycles. The number of hydrogen-bond acceptors (Lipinski definition) is 4. The summed E-state index contributed by atoms with van der Waals surface area (Å²) in [5, 5.41) is 23.7. The van der Waals surface area contributed by atoms with Crippen LogP contribution >= 0.6 is 0 Å². The highest BCUT2D eigenvalue weighted by molar-refractivity contribution is 6.06. The zero-order chi connectivity index (χ0) is 30.6. The number of carboxylic acid groups (broad SMARTS) is 1. The highest BCUT2D eigenvalue weighted by atomic mass is 16.4. The molecule has 0 bridgehead atoms. The van der Waals surface area contributed by atoms with Crippen LogP contribution in [-0.2, 0) is 9.59 Å². The van der Waals surface area contributed by atoms with Gasteiger partial charge in [0.05, 0.1) is 5.41 Å². The average Bonchev–Trinajstić information content (AvgIpc) is 2.90. The Morgan fingerprint density at radius 3 is 2.34 bits per heavy atom. The van der Waals surface area contributed by atoms with Gasteiger partial charge in [0, 0.05) is 22.4 Å². The van der Waals surface area contributed by atoms with Gasteiger partial charge in [-0.2, -0.15) is 0 Å². The Kier molecular flexibility index (Phi) is 7.97. The fraction of sp³-hybridized carbons (Fsp3) is 0.706. The number of rotatable bonds is 4. The van der Waals surface area contributed by atoms with E-state index in [1.54, 1.807) is 6.08 Å². The van der Waals surface area contributed by atoms with Gasteiger partial charge < -0.3 is 10.2 Å². The number of aliphatic carboxylic acids is 1. The maximum atomic E-state index is 12.6. The van der Waals surface area contributed by atoms with Gasteiger partial charge in [0.25, 0.3) is 0 Å². The Balaban J connectivity index is 0.000000426. The lowest BCUT2D eigenvalue weighted by Gasteiger charge is -2.70. The number of aliphatic hydroxyl groups is 1. The Bertz CT molecular complexity index is 1320. The molecule has 5 aliphatic rings. The summed E-state index contributed by atoms with van der Waals surface area (Å²) in [5.74, 6) is -0.0942. The van der Waals surface area contributed by atoms with Crippen LogP contribution in [0.2, 0.25) is 0 Å². The molecule has 6 atom stereocenters. The number of carboxylic acids is 1. The normalized spacial score (nSPS) is 39.4. The number of ketones is 1. The van der Waals surface area contributed by atoms with Gasteiger partial charge in [-0.1, -0.05) is 64.4 Å². The zero-order valence-corrected chi connectivity index (χ0v) is 26.3. The topological polar surface area (TPSA) is 123 Å². The van der Waals surface area contributed by atoms with Crippen LogP contribution in [0.25, 0.3) is 10.4 Å². The van der Waals surface area contributed by atoms with Gasteiger partial charge in [-0.05, 0) is 116 Å². The molecule has 0 radical (unpaired) electrons. The molecule has 0 aromatic rings. The molecule has 224 valence electrons. The van der Waals surface area contributed by atoms with Gasteiger partial charge in [0.2, 0.25) is 5.78 Å². The maximum absolute atomic E-state index is 12.6. The molecule has 0 aromatic heterocycles. The van der Waals surface area contributed by atoms with E-state index in [2.05, 4.69) is 63.7 Å². The number of fused-ring (bicyclic) bond motifs is 7. The van der Waals surface area contributed by atoms with E-state index in [-0.39, 0.29) is 33.2 Å². The van der Waals surface area contributed by atoms with Crippen LogP contribution in [-0.4, -0.2) is 28.5 Å². The summed E-state index contributed by atoms with van der Waals surface area (Å²) in [6.45, 7) is 18.2. The first-order chi connectivity index (χ1) is 19.0. The van der Waals surface area contributed by atoms with Gasteiger partial charge in [0.1, 0.15) is 0 Å². The third-order valence-corrected chi connectivity index (χ3v) is 12.3. The number of aliphatic hydroxyl groups excluding tert-OH is 1. The molecule has 0 aliphatic heterocycles. The minimum atomic E-state index is -0.655. The molecular weight excluding hydrogens is 514 g/mol. The van der Waals surface area contributed by atoms with E-state index in [9.17, 15) is 19.8 Å². The lowest BCUT2D eigenvalue weighted by Crippen LogP contribution is -2.62. The van der Waals surface area contributed by atoms with E-state index in [1.807, 2.05) is 13.8 Å². The van der Waals surface area contributed by atoms with E-state index < -0.39 is 11.4 Å². The minimum absolute atomic E-state index is 0.0000746. The first kappa shape index (κ1) is 31.2. The van der Waals surface area contributed by atoms with Crippen LogP contribution in [0.1, 0.15) is 107 Å². The third kappa shape index (κ3) is 4.78. The zero-order valence-electron chi connectivity index (χ0n) is 26.3. The van der Waals surface area contributed by atoms with Crippen molar-refractivity contribution in [1.82, 2.24) is 0 Å².